The van der Waals surface area contributed by atoms with E-state index in [4.69, 9.17) is 18.0 Å². The second-order valence-electron chi connectivity index (χ2n) is 4.17. The molecular weight excluding hydrogens is 277 g/mol. The van der Waals surface area contributed by atoms with Gasteiger partial charge in [-0.3, -0.25) is 9.78 Å². The summed E-state index contributed by atoms with van der Waals surface area (Å²) in [6, 6.07) is 7.60. The van der Waals surface area contributed by atoms with Crippen molar-refractivity contribution >= 4 is 28.8 Å². The molecule has 4 nitrogen and oxygen atoms in total. The number of nitrogens with two attached hydrogens (primary N) is 1. The van der Waals surface area contributed by atoms with Crippen LogP contribution >= 0.6 is 12.2 Å². The third kappa shape index (κ3) is 2.97. The average Bonchev–Trinajstić information content (AvgIpc) is 2.39. The van der Waals surface area contributed by atoms with Crippen LogP contribution in [0.3, 0.4) is 0 Å². The molecule has 0 radical (unpaired) electrons. The van der Waals surface area contributed by atoms with Crippen molar-refractivity contribution in [2.24, 2.45) is 5.73 Å². The number of thiocarbonyl (C=S) groups is 1. The van der Waals surface area contributed by atoms with Gasteiger partial charge in [-0.15, -0.1) is 0 Å². The van der Waals surface area contributed by atoms with Crippen molar-refractivity contribution in [2.45, 2.75) is 6.92 Å². The molecule has 102 valence electrons. The number of aromatic nitrogens is 1. The summed E-state index contributed by atoms with van der Waals surface area (Å²) >= 11 is 4.80. The topological polar surface area (TPSA) is 68.0 Å². The maximum absolute atomic E-state index is 13.7. The summed E-state index contributed by atoms with van der Waals surface area (Å²) in [5, 5.41) is 2.58. The van der Waals surface area contributed by atoms with Crippen molar-refractivity contribution in [2.75, 3.05) is 5.32 Å². The minimum Gasteiger partial charge on any atom is -0.389 e. The van der Waals surface area contributed by atoms with Gasteiger partial charge in [0.25, 0.3) is 5.91 Å². The molecule has 0 bridgehead atoms. The van der Waals surface area contributed by atoms with Gasteiger partial charge in [0.2, 0.25) is 0 Å². The summed E-state index contributed by atoms with van der Waals surface area (Å²) in [5.41, 5.74) is 6.91. The normalized spacial score (nSPS) is 10.1. The van der Waals surface area contributed by atoms with E-state index in [1.807, 2.05) is 6.92 Å². The molecule has 0 saturated carbocycles. The lowest BCUT2D eigenvalue weighted by Crippen LogP contribution is -2.19. The molecule has 0 fully saturated rings. The maximum atomic E-state index is 13.7. The van der Waals surface area contributed by atoms with Crippen molar-refractivity contribution in [3.8, 4) is 0 Å². The van der Waals surface area contributed by atoms with E-state index in [0.717, 1.165) is 5.69 Å². The molecule has 1 aromatic heterocycles. The number of amides is 1. The zero-order valence-electron chi connectivity index (χ0n) is 10.7. The van der Waals surface area contributed by atoms with Gasteiger partial charge in [-0.05, 0) is 31.2 Å². The Kier molecular flexibility index (Phi) is 4.05. The molecule has 1 amide bonds. The van der Waals surface area contributed by atoms with Crippen molar-refractivity contribution in [1.82, 2.24) is 4.98 Å². The number of anilines is 1. The highest BCUT2D eigenvalue weighted by molar-refractivity contribution is 7.80. The maximum Gasteiger partial charge on any atom is 0.257 e. The van der Waals surface area contributed by atoms with Crippen LogP contribution in [0.1, 0.15) is 21.6 Å². The Labute approximate surface area is 120 Å². The van der Waals surface area contributed by atoms with Crippen LogP contribution in [0.5, 0.6) is 0 Å². The van der Waals surface area contributed by atoms with Gasteiger partial charge in [0.05, 0.1) is 16.8 Å². The molecule has 2 rings (SSSR count). The molecule has 1 aromatic carbocycles. The van der Waals surface area contributed by atoms with Crippen LogP contribution in [0.15, 0.2) is 36.5 Å². The van der Waals surface area contributed by atoms with E-state index in [9.17, 15) is 9.18 Å². The fourth-order valence-corrected chi connectivity index (χ4v) is 1.88. The Bertz CT molecular complexity index is 671. The first-order valence-electron chi connectivity index (χ1n) is 5.81. The Morgan fingerprint density at radius 3 is 2.70 bits per heavy atom. The highest BCUT2D eigenvalue weighted by atomic mass is 32.1. The van der Waals surface area contributed by atoms with Crippen LogP contribution in [0.25, 0.3) is 0 Å². The lowest BCUT2D eigenvalue weighted by Gasteiger charge is -2.10. The van der Waals surface area contributed by atoms with E-state index in [2.05, 4.69) is 10.3 Å². The number of nitrogens with one attached hydrogen (secondary N) is 1. The summed E-state index contributed by atoms with van der Waals surface area (Å²) in [4.78, 5) is 16.0. The predicted octanol–water partition coefficient (Wildman–Crippen LogP) is 2.42. The molecule has 0 aliphatic heterocycles. The highest BCUT2D eigenvalue weighted by Crippen LogP contribution is 2.19. The molecule has 0 spiro atoms. The van der Waals surface area contributed by atoms with E-state index < -0.39 is 11.7 Å². The van der Waals surface area contributed by atoms with Crippen LogP contribution in [-0.2, 0) is 0 Å². The lowest BCUT2D eigenvalue weighted by atomic mass is 10.1. The minimum absolute atomic E-state index is 0.0240. The fourth-order valence-electron chi connectivity index (χ4n) is 1.68. The van der Waals surface area contributed by atoms with E-state index in [1.54, 1.807) is 12.1 Å². The molecular formula is C14H12FN3OS. The number of halogens is 1. The third-order valence-corrected chi connectivity index (χ3v) is 2.89. The van der Waals surface area contributed by atoms with Gasteiger partial charge >= 0.3 is 0 Å². The quantitative estimate of drug-likeness (QED) is 0.852. The second kappa shape index (κ2) is 5.75. The number of hydrogen-bond acceptors (Lipinski definition) is 3. The van der Waals surface area contributed by atoms with Gasteiger partial charge in [0.1, 0.15) is 10.8 Å². The number of pyridine rings is 1. The first kappa shape index (κ1) is 14.1. The van der Waals surface area contributed by atoms with Crippen LogP contribution in [0.2, 0.25) is 0 Å². The Balaban J connectivity index is 2.30. The van der Waals surface area contributed by atoms with Gasteiger partial charge < -0.3 is 11.1 Å². The van der Waals surface area contributed by atoms with E-state index in [0.29, 0.717) is 5.56 Å². The number of carbonyl (C=O) groups excluding carboxylic acids is 1. The summed E-state index contributed by atoms with van der Waals surface area (Å²) in [7, 11) is 0. The van der Waals surface area contributed by atoms with Gasteiger partial charge in [-0.1, -0.05) is 18.3 Å². The molecule has 0 aliphatic rings. The van der Waals surface area contributed by atoms with E-state index >= 15 is 0 Å². The second-order valence-corrected chi connectivity index (χ2v) is 4.61. The highest BCUT2D eigenvalue weighted by Gasteiger charge is 2.14. The van der Waals surface area contributed by atoms with Gasteiger partial charge in [0, 0.05) is 11.9 Å². The number of nitrogens with zero attached hydrogens (tertiary/aromatic N) is 1. The lowest BCUT2D eigenvalue weighted by molar-refractivity contribution is 0.102. The fraction of sp³-hybridized carbons (Fsp3) is 0.0714. The van der Waals surface area contributed by atoms with Crippen molar-refractivity contribution in [1.29, 1.82) is 0 Å². The molecule has 6 heteroatoms. The molecule has 0 aliphatic carbocycles. The van der Waals surface area contributed by atoms with Gasteiger partial charge in [-0.2, -0.15) is 0 Å². The van der Waals surface area contributed by atoms with Crippen LogP contribution in [0, 0.1) is 12.7 Å². The van der Waals surface area contributed by atoms with Crippen LogP contribution in [0.4, 0.5) is 10.1 Å². The molecule has 0 unspecified atom stereocenters. The molecule has 0 saturated heterocycles. The zero-order chi connectivity index (χ0) is 14.7. The van der Waals surface area contributed by atoms with Gasteiger partial charge in [-0.25, -0.2) is 4.39 Å². The Morgan fingerprint density at radius 2 is 2.10 bits per heavy atom. The number of aryl methyl sites for hydroxylation is 1. The molecule has 1 heterocycles. The number of carbonyl (C=O) groups is 1. The van der Waals surface area contributed by atoms with Gasteiger partial charge in [0.15, 0.2) is 0 Å². The largest absolute Gasteiger partial charge is 0.389 e. The number of benzene rings is 1. The predicted molar refractivity (Wildman–Crippen MR) is 79.2 cm³/mol. The minimum atomic E-state index is -0.572. The van der Waals surface area contributed by atoms with Crippen molar-refractivity contribution in [3.05, 3.63) is 59.2 Å². The summed E-state index contributed by atoms with van der Waals surface area (Å²) < 4.78 is 13.7. The first-order valence-corrected chi connectivity index (χ1v) is 6.22. The third-order valence-electron chi connectivity index (χ3n) is 2.68. The van der Waals surface area contributed by atoms with Crippen molar-refractivity contribution < 1.29 is 9.18 Å². The number of hydrogen-bond donors (Lipinski definition) is 2. The Hall–Kier alpha value is -2.34. The number of rotatable bonds is 3. The van der Waals surface area contributed by atoms with E-state index in [1.165, 1.54) is 24.4 Å². The van der Waals surface area contributed by atoms with Crippen LogP contribution < -0.4 is 11.1 Å². The standard InChI is InChI=1S/C14H12FN3OS/c1-8-5-6-9(7-17-8)14(19)18-11-4-2-3-10(15)12(11)13(16)20/h2-7H,1H3,(H2,16,20)(H,18,19). The first-order chi connectivity index (χ1) is 9.49. The smallest absolute Gasteiger partial charge is 0.257 e. The SMILES string of the molecule is Cc1ccc(C(=O)Nc2cccc(F)c2C(N)=S)cn1. The molecule has 20 heavy (non-hydrogen) atoms. The summed E-state index contributed by atoms with van der Waals surface area (Å²) in [6.07, 6.45) is 1.45. The molecule has 0 atom stereocenters. The average molecular weight is 289 g/mol. The monoisotopic (exact) mass is 289 g/mol. The van der Waals surface area contributed by atoms with Crippen molar-refractivity contribution in [3.63, 3.8) is 0 Å². The molecule has 2 aromatic rings. The summed E-state index contributed by atoms with van der Waals surface area (Å²) in [6.45, 7) is 1.82. The Morgan fingerprint density at radius 1 is 1.35 bits per heavy atom. The van der Waals surface area contributed by atoms with Crippen LogP contribution in [-0.4, -0.2) is 15.9 Å². The zero-order valence-corrected chi connectivity index (χ0v) is 11.5. The summed E-state index contributed by atoms with van der Waals surface area (Å²) in [5.74, 6) is -0.974. The molecule has 3 N–H and O–H groups in total. The van der Waals surface area contributed by atoms with E-state index in [-0.39, 0.29) is 16.2 Å².